The van der Waals surface area contributed by atoms with Crippen molar-refractivity contribution in [1.29, 1.82) is 0 Å². The molecule has 3 rings (SSSR count). The van der Waals surface area contributed by atoms with E-state index in [-0.39, 0.29) is 0 Å². The van der Waals surface area contributed by atoms with Gasteiger partial charge in [-0.1, -0.05) is 18.2 Å². The number of piperazine rings is 1. The summed E-state index contributed by atoms with van der Waals surface area (Å²) in [5.41, 5.74) is 1.58. The molecule has 0 atom stereocenters. The quantitative estimate of drug-likeness (QED) is 0.803. The number of methoxy groups -OCH3 is 2. The van der Waals surface area contributed by atoms with Gasteiger partial charge >= 0.3 is 5.97 Å². The zero-order chi connectivity index (χ0) is 16.9. The van der Waals surface area contributed by atoms with Gasteiger partial charge in [0.05, 0.1) is 14.2 Å². The topological polar surface area (TPSA) is 54.9 Å². The van der Waals surface area contributed by atoms with Crippen LogP contribution in [0.3, 0.4) is 0 Å². The van der Waals surface area contributed by atoms with E-state index in [0.29, 0.717) is 11.4 Å². The number of anilines is 2. The third-order valence-electron chi connectivity index (χ3n) is 4.17. The molecule has 24 heavy (non-hydrogen) atoms. The van der Waals surface area contributed by atoms with Crippen molar-refractivity contribution in [3.63, 3.8) is 0 Å². The first-order chi connectivity index (χ1) is 11.7. The summed E-state index contributed by atoms with van der Waals surface area (Å²) in [6.07, 6.45) is 0. The van der Waals surface area contributed by atoms with Crippen molar-refractivity contribution in [1.82, 2.24) is 4.98 Å². The number of ether oxygens (including phenoxy) is 2. The maximum Gasteiger partial charge on any atom is 0.343 e. The predicted octanol–water partition coefficient (Wildman–Crippen LogP) is 2.20. The van der Waals surface area contributed by atoms with Gasteiger partial charge in [0.1, 0.15) is 11.4 Å². The average Bonchev–Trinajstić information content (AvgIpc) is 2.67. The molecule has 2 heterocycles. The van der Waals surface area contributed by atoms with E-state index in [0.717, 1.165) is 32.0 Å². The van der Waals surface area contributed by atoms with Crippen molar-refractivity contribution >= 4 is 17.5 Å². The number of benzene rings is 1. The summed E-state index contributed by atoms with van der Waals surface area (Å²) >= 11 is 0. The van der Waals surface area contributed by atoms with E-state index in [1.165, 1.54) is 19.9 Å². The number of hydrogen-bond donors (Lipinski definition) is 0. The molecule has 1 aliphatic heterocycles. The van der Waals surface area contributed by atoms with E-state index in [2.05, 4.69) is 39.0 Å². The highest BCUT2D eigenvalue weighted by Crippen LogP contribution is 2.24. The molecule has 0 radical (unpaired) electrons. The summed E-state index contributed by atoms with van der Waals surface area (Å²) in [6.45, 7) is 3.57. The number of esters is 1. The molecule has 1 aromatic heterocycles. The zero-order valence-electron chi connectivity index (χ0n) is 13.9. The van der Waals surface area contributed by atoms with Crippen LogP contribution in [-0.2, 0) is 4.74 Å². The normalized spacial score (nSPS) is 14.4. The minimum Gasteiger partial charge on any atom is -0.480 e. The first kappa shape index (κ1) is 16.1. The van der Waals surface area contributed by atoms with Gasteiger partial charge in [0, 0.05) is 31.9 Å². The third-order valence-corrected chi connectivity index (χ3v) is 4.17. The van der Waals surface area contributed by atoms with Gasteiger partial charge < -0.3 is 19.3 Å². The lowest BCUT2D eigenvalue weighted by atomic mass is 10.2. The number of pyridine rings is 1. The van der Waals surface area contributed by atoms with E-state index in [1.807, 2.05) is 12.1 Å². The van der Waals surface area contributed by atoms with Crippen molar-refractivity contribution < 1.29 is 14.3 Å². The highest BCUT2D eigenvalue weighted by molar-refractivity contribution is 5.92. The summed E-state index contributed by atoms with van der Waals surface area (Å²) < 4.78 is 9.99. The van der Waals surface area contributed by atoms with Crippen molar-refractivity contribution in [3.8, 4) is 5.88 Å². The zero-order valence-corrected chi connectivity index (χ0v) is 13.9. The van der Waals surface area contributed by atoms with Gasteiger partial charge in [0.25, 0.3) is 0 Å². The monoisotopic (exact) mass is 327 g/mol. The van der Waals surface area contributed by atoms with Crippen LogP contribution < -0.4 is 14.5 Å². The molecular weight excluding hydrogens is 306 g/mol. The Morgan fingerprint density at radius 1 is 0.958 bits per heavy atom. The van der Waals surface area contributed by atoms with Crippen LogP contribution >= 0.6 is 0 Å². The number of aromatic nitrogens is 1. The highest BCUT2D eigenvalue weighted by atomic mass is 16.5. The average molecular weight is 327 g/mol. The van der Waals surface area contributed by atoms with Crippen molar-refractivity contribution in [2.75, 3.05) is 50.2 Å². The van der Waals surface area contributed by atoms with Crippen LogP contribution in [0.1, 0.15) is 10.4 Å². The Kier molecular flexibility index (Phi) is 4.84. The Hall–Kier alpha value is -2.76. The number of carbonyl (C=O) groups is 1. The molecule has 0 N–H and O–H groups in total. The van der Waals surface area contributed by atoms with Crippen LogP contribution in [0.2, 0.25) is 0 Å². The summed E-state index contributed by atoms with van der Waals surface area (Å²) in [5.74, 6) is 0.664. The van der Waals surface area contributed by atoms with Crippen molar-refractivity contribution in [3.05, 3.63) is 48.0 Å². The fourth-order valence-corrected chi connectivity index (χ4v) is 2.86. The smallest absolute Gasteiger partial charge is 0.343 e. The molecule has 1 fully saturated rings. The molecule has 6 nitrogen and oxygen atoms in total. The standard InChI is InChI=1S/C18H21N3O3/c1-23-17-15(18(22)24-2)8-9-16(19-17)21-12-10-20(11-13-21)14-6-4-3-5-7-14/h3-9H,10-13H2,1-2H3. The van der Waals surface area contributed by atoms with Gasteiger partial charge in [0.2, 0.25) is 5.88 Å². The molecule has 0 spiro atoms. The lowest BCUT2D eigenvalue weighted by molar-refractivity contribution is 0.0596. The summed E-state index contributed by atoms with van der Waals surface area (Å²) in [7, 11) is 2.85. The third kappa shape index (κ3) is 3.27. The Morgan fingerprint density at radius 2 is 1.62 bits per heavy atom. The summed E-state index contributed by atoms with van der Waals surface area (Å²) in [5, 5.41) is 0. The fraction of sp³-hybridized carbons (Fsp3) is 0.333. The molecule has 0 amide bonds. The van der Waals surface area contributed by atoms with Gasteiger partial charge in [-0.05, 0) is 24.3 Å². The van der Waals surface area contributed by atoms with E-state index in [1.54, 1.807) is 6.07 Å². The van der Waals surface area contributed by atoms with Crippen LogP contribution in [0.25, 0.3) is 0 Å². The molecule has 0 unspecified atom stereocenters. The van der Waals surface area contributed by atoms with Gasteiger partial charge in [-0.25, -0.2) is 4.79 Å². The fourth-order valence-electron chi connectivity index (χ4n) is 2.86. The molecule has 1 saturated heterocycles. The first-order valence-corrected chi connectivity index (χ1v) is 7.91. The van der Waals surface area contributed by atoms with E-state index in [9.17, 15) is 4.79 Å². The van der Waals surface area contributed by atoms with Gasteiger partial charge in [-0.3, -0.25) is 0 Å². The Balaban J connectivity index is 1.71. The molecule has 0 bridgehead atoms. The van der Waals surface area contributed by atoms with E-state index < -0.39 is 5.97 Å². The lowest BCUT2D eigenvalue weighted by Crippen LogP contribution is -2.46. The number of nitrogens with zero attached hydrogens (tertiary/aromatic N) is 3. The summed E-state index contributed by atoms with van der Waals surface area (Å²) in [6, 6.07) is 13.9. The molecule has 2 aromatic rings. The second-order valence-electron chi connectivity index (χ2n) is 5.53. The molecular formula is C18H21N3O3. The number of hydrogen-bond acceptors (Lipinski definition) is 6. The largest absolute Gasteiger partial charge is 0.480 e. The Labute approximate surface area is 141 Å². The molecule has 1 aromatic carbocycles. The molecule has 6 heteroatoms. The van der Waals surface area contributed by atoms with E-state index >= 15 is 0 Å². The number of carbonyl (C=O) groups excluding carboxylic acids is 1. The minimum atomic E-state index is -0.445. The van der Waals surface area contributed by atoms with Crippen LogP contribution in [0.4, 0.5) is 11.5 Å². The second kappa shape index (κ2) is 7.21. The van der Waals surface area contributed by atoms with Gasteiger partial charge in [-0.15, -0.1) is 0 Å². The molecule has 1 aliphatic rings. The summed E-state index contributed by atoms with van der Waals surface area (Å²) in [4.78, 5) is 20.7. The first-order valence-electron chi connectivity index (χ1n) is 7.91. The second-order valence-corrected chi connectivity index (χ2v) is 5.53. The molecule has 0 saturated carbocycles. The van der Waals surface area contributed by atoms with Crippen LogP contribution in [0.5, 0.6) is 5.88 Å². The van der Waals surface area contributed by atoms with Crippen molar-refractivity contribution in [2.45, 2.75) is 0 Å². The number of rotatable bonds is 4. The van der Waals surface area contributed by atoms with Gasteiger partial charge in [0.15, 0.2) is 0 Å². The minimum absolute atomic E-state index is 0.296. The lowest BCUT2D eigenvalue weighted by Gasteiger charge is -2.36. The Morgan fingerprint density at radius 3 is 2.25 bits per heavy atom. The molecule has 0 aliphatic carbocycles. The SMILES string of the molecule is COC(=O)c1ccc(N2CCN(c3ccccc3)CC2)nc1OC. The number of para-hydroxylation sites is 1. The van der Waals surface area contributed by atoms with Gasteiger partial charge in [-0.2, -0.15) is 4.98 Å². The highest BCUT2D eigenvalue weighted by Gasteiger charge is 2.21. The van der Waals surface area contributed by atoms with E-state index in [4.69, 9.17) is 9.47 Å². The van der Waals surface area contributed by atoms with Crippen LogP contribution in [-0.4, -0.2) is 51.4 Å². The Bertz CT molecular complexity index is 698. The van der Waals surface area contributed by atoms with Crippen molar-refractivity contribution in [2.24, 2.45) is 0 Å². The van der Waals surface area contributed by atoms with Crippen LogP contribution in [0, 0.1) is 0 Å². The maximum atomic E-state index is 11.7. The molecule has 126 valence electrons. The van der Waals surface area contributed by atoms with Crippen LogP contribution in [0.15, 0.2) is 42.5 Å². The maximum absolute atomic E-state index is 11.7. The predicted molar refractivity (Wildman–Crippen MR) is 93.0 cm³/mol.